The first kappa shape index (κ1) is 21.1. The Morgan fingerprint density at radius 1 is 1.19 bits per heavy atom. The van der Waals surface area contributed by atoms with Crippen LogP contribution in [0.4, 0.5) is 10.1 Å². The van der Waals surface area contributed by atoms with Crippen LogP contribution in [0.2, 0.25) is 5.02 Å². The fourth-order valence-corrected chi connectivity index (χ4v) is 3.92. The van der Waals surface area contributed by atoms with Crippen molar-refractivity contribution in [3.63, 3.8) is 0 Å². The Morgan fingerprint density at radius 2 is 1.94 bits per heavy atom. The summed E-state index contributed by atoms with van der Waals surface area (Å²) in [7, 11) is 3.09. The quantitative estimate of drug-likeness (QED) is 0.341. The van der Waals surface area contributed by atoms with E-state index in [9.17, 15) is 9.18 Å². The van der Waals surface area contributed by atoms with Crippen molar-refractivity contribution in [1.29, 1.82) is 0 Å². The first-order valence-corrected chi connectivity index (χ1v) is 10.4. The molecule has 160 valence electrons. The molecule has 0 aliphatic rings. The summed E-state index contributed by atoms with van der Waals surface area (Å²) in [4.78, 5) is 21.5. The van der Waals surface area contributed by atoms with E-state index in [1.54, 1.807) is 37.8 Å². The van der Waals surface area contributed by atoms with E-state index >= 15 is 0 Å². The molecule has 4 aromatic rings. The lowest BCUT2D eigenvalue weighted by Crippen LogP contribution is -2.15. The zero-order valence-electron chi connectivity index (χ0n) is 16.8. The fourth-order valence-electron chi connectivity index (χ4n) is 3.01. The number of anilines is 1. The molecule has 0 radical (unpaired) electrons. The van der Waals surface area contributed by atoms with Crippen LogP contribution in [0.25, 0.3) is 16.6 Å². The number of ether oxygens (including phenoxy) is 2. The fraction of sp³-hybridized carbons (Fsp3) is 0.200. The van der Waals surface area contributed by atoms with Crippen molar-refractivity contribution < 1.29 is 18.7 Å². The lowest BCUT2D eigenvalue weighted by atomic mass is 10.2. The molecule has 2 aromatic carbocycles. The lowest BCUT2D eigenvalue weighted by Gasteiger charge is -2.11. The molecule has 1 N–H and O–H groups in total. The van der Waals surface area contributed by atoms with E-state index in [2.05, 4.69) is 20.4 Å². The van der Waals surface area contributed by atoms with Crippen LogP contribution >= 0.6 is 23.4 Å². The van der Waals surface area contributed by atoms with Crippen LogP contribution in [-0.2, 0) is 4.79 Å². The number of amides is 1. The number of fused-ring (bicyclic) bond motifs is 3. The minimum absolute atomic E-state index is 0.0120. The Balaban J connectivity index is 1.65. The third-order valence-electron chi connectivity index (χ3n) is 4.39. The number of nitrogens with one attached hydrogen (secondary N) is 1. The van der Waals surface area contributed by atoms with E-state index in [4.69, 9.17) is 21.1 Å². The minimum atomic E-state index is -0.606. The molecule has 2 aromatic heterocycles. The number of nitrogens with zero attached hydrogens (tertiary/aromatic N) is 4. The number of rotatable bonds is 6. The van der Waals surface area contributed by atoms with Gasteiger partial charge in [0.2, 0.25) is 5.91 Å². The third kappa shape index (κ3) is 4.21. The monoisotopic (exact) mass is 461 g/mol. The second-order valence-electron chi connectivity index (χ2n) is 6.47. The molecule has 8 nitrogen and oxygen atoms in total. The second-order valence-corrected chi connectivity index (χ2v) is 7.85. The number of carbonyl (C=O) groups excluding carboxylic acids is 1. The maximum atomic E-state index is 13.9. The highest BCUT2D eigenvalue weighted by atomic mass is 35.5. The van der Waals surface area contributed by atoms with E-state index < -0.39 is 11.7 Å². The Kier molecular flexibility index (Phi) is 5.84. The van der Waals surface area contributed by atoms with Gasteiger partial charge in [0.1, 0.15) is 11.6 Å². The summed E-state index contributed by atoms with van der Waals surface area (Å²) in [5.41, 5.74) is 1.25. The van der Waals surface area contributed by atoms with Gasteiger partial charge in [-0.15, -0.1) is 5.10 Å². The first-order valence-electron chi connectivity index (χ1n) is 9.06. The van der Waals surface area contributed by atoms with E-state index in [-0.39, 0.29) is 16.5 Å². The Bertz CT molecular complexity index is 1310. The van der Waals surface area contributed by atoms with E-state index in [0.717, 1.165) is 23.2 Å². The molecule has 0 saturated carbocycles. The number of aromatic nitrogens is 4. The topological polar surface area (TPSA) is 90.6 Å². The molecule has 0 atom stereocenters. The van der Waals surface area contributed by atoms with Crippen LogP contribution < -0.4 is 14.8 Å². The number of benzene rings is 2. The van der Waals surface area contributed by atoms with Crippen LogP contribution in [0.15, 0.2) is 35.5 Å². The zero-order valence-corrected chi connectivity index (χ0v) is 18.3. The Labute approximate surface area is 185 Å². The summed E-state index contributed by atoms with van der Waals surface area (Å²) in [6.45, 7) is 1.77. The molecule has 0 fully saturated rings. The van der Waals surface area contributed by atoms with Gasteiger partial charge in [0.25, 0.3) is 0 Å². The number of hydrogen-bond acceptors (Lipinski definition) is 7. The second kappa shape index (κ2) is 8.56. The van der Waals surface area contributed by atoms with Crippen LogP contribution in [-0.4, -0.2) is 45.5 Å². The normalized spacial score (nSPS) is 11.1. The molecule has 0 aliphatic carbocycles. The molecular weight excluding hydrogens is 445 g/mol. The number of thioether (sulfide) groups is 1. The lowest BCUT2D eigenvalue weighted by molar-refractivity contribution is -0.113. The molecule has 0 spiro atoms. The summed E-state index contributed by atoms with van der Waals surface area (Å²) in [6, 6.07) is 7.58. The Hall–Kier alpha value is -3.11. The largest absolute Gasteiger partial charge is 0.493 e. The van der Waals surface area contributed by atoms with Gasteiger partial charge in [-0.1, -0.05) is 23.4 Å². The van der Waals surface area contributed by atoms with E-state index in [1.165, 1.54) is 12.1 Å². The summed E-state index contributed by atoms with van der Waals surface area (Å²) < 4.78 is 26.2. The third-order valence-corrected chi connectivity index (χ3v) is 5.55. The van der Waals surface area contributed by atoms with E-state index in [0.29, 0.717) is 33.6 Å². The van der Waals surface area contributed by atoms with Gasteiger partial charge in [-0.25, -0.2) is 14.4 Å². The van der Waals surface area contributed by atoms with Gasteiger partial charge in [0.15, 0.2) is 22.3 Å². The van der Waals surface area contributed by atoms with Crippen LogP contribution in [0.3, 0.4) is 0 Å². The molecular formula is C20H17ClFN5O3S. The smallest absolute Gasteiger partial charge is 0.234 e. The summed E-state index contributed by atoms with van der Waals surface area (Å²) in [5.74, 6) is 0.607. The Morgan fingerprint density at radius 3 is 2.65 bits per heavy atom. The number of methoxy groups -OCH3 is 2. The average Bonchev–Trinajstić information content (AvgIpc) is 3.14. The molecule has 0 bridgehead atoms. The molecule has 11 heteroatoms. The van der Waals surface area contributed by atoms with Crippen LogP contribution in [0.5, 0.6) is 11.5 Å². The van der Waals surface area contributed by atoms with Gasteiger partial charge in [-0.3, -0.25) is 4.79 Å². The van der Waals surface area contributed by atoms with Crippen LogP contribution in [0, 0.1) is 12.7 Å². The molecule has 0 aliphatic heterocycles. The molecule has 0 saturated heterocycles. The standard InChI is InChI=1S/C20H17ClFN5O3S/c1-10-23-19-12-7-16(29-2)17(30-3)8-15(12)25-20(27(19)26-10)31-9-18(28)24-14-5-4-11(21)6-13(14)22/h4-8H,9H2,1-3H3,(H,24,28). The first-order chi connectivity index (χ1) is 14.9. The average molecular weight is 462 g/mol. The predicted molar refractivity (Wildman–Crippen MR) is 117 cm³/mol. The van der Waals surface area contributed by atoms with Gasteiger partial charge in [-0.2, -0.15) is 4.52 Å². The van der Waals surface area contributed by atoms with E-state index in [1.807, 2.05) is 0 Å². The molecule has 31 heavy (non-hydrogen) atoms. The van der Waals surface area contributed by atoms with Crippen molar-refractivity contribution in [2.45, 2.75) is 12.1 Å². The van der Waals surface area contributed by atoms with Gasteiger partial charge in [0, 0.05) is 16.5 Å². The highest BCUT2D eigenvalue weighted by Gasteiger charge is 2.17. The number of hydrogen-bond donors (Lipinski definition) is 1. The highest BCUT2D eigenvalue weighted by molar-refractivity contribution is 7.99. The summed E-state index contributed by atoms with van der Waals surface area (Å²) in [5, 5.41) is 8.36. The van der Waals surface area contributed by atoms with Crippen molar-refractivity contribution in [2.75, 3.05) is 25.3 Å². The van der Waals surface area contributed by atoms with Crippen molar-refractivity contribution >= 4 is 51.5 Å². The molecule has 0 unspecified atom stereocenters. The van der Waals surface area contributed by atoms with Crippen LogP contribution in [0.1, 0.15) is 5.82 Å². The summed E-state index contributed by atoms with van der Waals surface area (Å²) in [6.07, 6.45) is 0. The number of carbonyl (C=O) groups is 1. The summed E-state index contributed by atoms with van der Waals surface area (Å²) >= 11 is 6.90. The molecule has 2 heterocycles. The number of halogens is 2. The maximum Gasteiger partial charge on any atom is 0.234 e. The maximum absolute atomic E-state index is 13.9. The highest BCUT2D eigenvalue weighted by Crippen LogP contribution is 2.34. The zero-order chi connectivity index (χ0) is 22.1. The van der Waals surface area contributed by atoms with Crippen molar-refractivity contribution in [2.24, 2.45) is 0 Å². The minimum Gasteiger partial charge on any atom is -0.493 e. The predicted octanol–water partition coefficient (Wildman–Crippen LogP) is 4.13. The van der Waals surface area contributed by atoms with Crippen molar-refractivity contribution in [3.05, 3.63) is 47.0 Å². The molecule has 4 rings (SSSR count). The van der Waals surface area contributed by atoms with Gasteiger partial charge in [-0.05, 0) is 31.2 Å². The van der Waals surface area contributed by atoms with Crippen molar-refractivity contribution in [3.8, 4) is 11.5 Å². The van der Waals surface area contributed by atoms with Gasteiger partial charge >= 0.3 is 0 Å². The van der Waals surface area contributed by atoms with Gasteiger partial charge in [0.05, 0.1) is 31.2 Å². The number of aryl methyl sites for hydroxylation is 1. The van der Waals surface area contributed by atoms with Gasteiger partial charge < -0.3 is 14.8 Å². The molecule has 1 amide bonds. The van der Waals surface area contributed by atoms with Crippen molar-refractivity contribution in [1.82, 2.24) is 19.6 Å². The SMILES string of the molecule is COc1cc2nc(SCC(=O)Nc3ccc(Cl)cc3F)n3nc(C)nc3c2cc1OC.